The number of hydrogen-bond acceptors (Lipinski definition) is 13. The largest absolute Gasteiger partial charge is 0.438 e. The zero-order valence-corrected chi connectivity index (χ0v) is 61.2. The number of H-pyrrole nitrogens is 1. The molecule has 0 spiro atoms. The molecule has 3 atom stereocenters. The van der Waals surface area contributed by atoms with Crippen LogP contribution in [0, 0.1) is 25.6 Å². The van der Waals surface area contributed by atoms with Crippen molar-refractivity contribution in [2.24, 2.45) is 11.7 Å². The lowest BCUT2D eigenvalue weighted by molar-refractivity contribution is 0.0663. The number of ether oxygens (including phenoxy) is 1. The van der Waals surface area contributed by atoms with E-state index in [1.165, 1.54) is 24.2 Å². The van der Waals surface area contributed by atoms with Crippen LogP contribution in [0.2, 0.25) is 0 Å². The molecule has 3 saturated heterocycles. The van der Waals surface area contributed by atoms with Gasteiger partial charge in [-0.2, -0.15) is 5.10 Å². The van der Waals surface area contributed by atoms with Gasteiger partial charge in [0, 0.05) is 131 Å². The van der Waals surface area contributed by atoms with E-state index in [9.17, 15) is 23.3 Å². The molecule has 96 heavy (non-hydrogen) atoms. The minimum Gasteiger partial charge on any atom is -0.381 e. The molecule has 5 aromatic carbocycles. The van der Waals surface area contributed by atoms with Crippen LogP contribution in [-0.2, 0) is 30.4 Å². The molecule has 3 N–H and O–H groups in total. The SMILES string of the molecule is C=CP(=O)(C=C)c1ccc(Br)cc1.CN.CN1CCP(=O)(c2ccc(Br)cc2)CC1.Cc1cc(-n2nc3c(c2-n2ccn(-c4ccc(P5(=O)CCN(C)CC5)cc4)c2=O)[C@H](C)N(C(=O)c2cc4cc(C5CCOCC5)ccc4n2[C@@]2(c4noc(=O)[nH]4)C[C@@H]2C)CC3)cc(C)c1F. The molecule has 14 rings (SSSR count). The third-order valence-corrected chi connectivity index (χ3v) is 29.1. The second kappa shape index (κ2) is 28.9. The number of carbonyl (C=O) groups is 1. The first-order valence-corrected chi connectivity index (χ1v) is 40.0. The number of aromatic nitrogens is 7. The Labute approximate surface area is 575 Å². The third kappa shape index (κ3) is 13.9. The minimum absolute atomic E-state index is 0.0258. The first-order valence-electron chi connectivity index (χ1n) is 32.4. The summed E-state index contributed by atoms with van der Waals surface area (Å²) in [5.41, 5.74) is 9.30. The summed E-state index contributed by atoms with van der Waals surface area (Å²) in [6, 6.07) is 34.0. The lowest BCUT2D eigenvalue weighted by atomic mass is 9.91. The summed E-state index contributed by atoms with van der Waals surface area (Å²) < 4.78 is 73.3. The van der Waals surface area contributed by atoms with Gasteiger partial charge in [0.15, 0.2) is 13.0 Å². The van der Waals surface area contributed by atoms with Crippen LogP contribution in [0.25, 0.3) is 28.1 Å². The fourth-order valence-corrected chi connectivity index (χ4v) is 21.0. The minimum atomic E-state index is -2.55. The maximum absolute atomic E-state index is 15.5. The van der Waals surface area contributed by atoms with Crippen molar-refractivity contribution in [2.75, 3.05) is 91.7 Å². The Balaban J connectivity index is 0.000000256. The smallest absolute Gasteiger partial charge is 0.381 e. The van der Waals surface area contributed by atoms with Crippen molar-refractivity contribution in [1.82, 2.24) is 48.3 Å². The molecule has 9 aromatic rings. The first kappa shape index (κ1) is 70.5. The summed E-state index contributed by atoms with van der Waals surface area (Å²) in [4.78, 5) is 51.8. The van der Waals surface area contributed by atoms with Gasteiger partial charge in [0.25, 0.3) is 5.91 Å². The summed E-state index contributed by atoms with van der Waals surface area (Å²) in [6.07, 6.45) is 9.15. The van der Waals surface area contributed by atoms with Gasteiger partial charge in [-0.3, -0.25) is 23.4 Å². The number of nitrogens with one attached hydrogen (secondary N) is 1. The quantitative estimate of drug-likeness (QED) is 0.109. The molecular weight excluding hydrogens is 1410 g/mol. The summed E-state index contributed by atoms with van der Waals surface area (Å²) >= 11 is 6.71. The van der Waals surface area contributed by atoms with Crippen molar-refractivity contribution in [3.05, 3.63) is 222 Å². The van der Waals surface area contributed by atoms with Gasteiger partial charge in [0.05, 0.1) is 23.1 Å². The van der Waals surface area contributed by atoms with Crippen molar-refractivity contribution in [3.8, 4) is 17.2 Å². The molecule has 506 valence electrons. The standard InChI is InChI=1S/C49H53FN9O6P.C11H15BrNOP.C10H10BrOP.CH5N/c1-29-24-37(25-30(2)43(29)50)59-44(57-17-16-56(48(57)62)36-7-9-38(10-8-36)66(63)22-18-54(5)19-23-66)42-32(4)55(15-12-39(42)52-59)45(60)41-27-35-26-34(33-13-20-64-21-14-33)6-11-40(35)58(41)49(28-31(49)3)46-51-47(61)65-53-46;1-13-6-8-15(14,9-7-13)11-4-2-10(12)3-5-11;1-3-13(12,4-2)10-7-5-9(11)6-8-10;1-2/h6-11,16-17,24-27,31-33H,12-15,18-23,28H2,1-5H3,(H,51,53,61);2-5H,6-9H2,1H3;3-8H,1-2H2;2H2,1H3/t31-,32-,49-;;;/m0.../s1. The summed E-state index contributed by atoms with van der Waals surface area (Å²) in [5, 5.41) is 12.8. The van der Waals surface area contributed by atoms with E-state index in [2.05, 4.69) is 103 Å². The lowest BCUT2D eigenvalue weighted by Crippen LogP contribution is -2.41. The van der Waals surface area contributed by atoms with Crippen LogP contribution in [0.15, 0.2) is 169 Å². The average molecular weight is 1490 g/mol. The van der Waals surface area contributed by atoms with Gasteiger partial charge >= 0.3 is 11.4 Å². The number of carbonyl (C=O) groups excluding carboxylic acids is 1. The van der Waals surface area contributed by atoms with E-state index in [1.807, 2.05) is 102 Å². The molecule has 1 aliphatic carbocycles. The molecule has 0 radical (unpaired) electrons. The number of fused-ring (bicyclic) bond motifs is 2. The van der Waals surface area contributed by atoms with Gasteiger partial charge in [0.1, 0.15) is 37.2 Å². The Morgan fingerprint density at radius 3 is 1.83 bits per heavy atom. The summed E-state index contributed by atoms with van der Waals surface area (Å²) in [6.45, 7) is 19.8. The van der Waals surface area contributed by atoms with E-state index < -0.39 is 38.8 Å². The Morgan fingerprint density at radius 2 is 1.30 bits per heavy atom. The number of nitrogens with two attached hydrogens (primary N) is 1. The van der Waals surface area contributed by atoms with Crippen LogP contribution in [0.1, 0.15) is 89.3 Å². The van der Waals surface area contributed by atoms with Crippen LogP contribution in [0.4, 0.5) is 4.39 Å². The Bertz CT molecular complexity index is 4590. The molecule has 5 aliphatic rings. The van der Waals surface area contributed by atoms with E-state index in [-0.39, 0.29) is 23.3 Å². The van der Waals surface area contributed by atoms with Crippen molar-refractivity contribution in [2.45, 2.75) is 70.9 Å². The molecule has 0 unspecified atom stereocenters. The molecule has 19 nitrogen and oxygen atoms in total. The molecule has 4 aromatic heterocycles. The van der Waals surface area contributed by atoms with Crippen molar-refractivity contribution in [1.29, 1.82) is 0 Å². The zero-order chi connectivity index (χ0) is 68.6. The number of aromatic amines is 1. The molecule has 25 heteroatoms. The predicted molar refractivity (Wildman–Crippen MR) is 389 cm³/mol. The van der Waals surface area contributed by atoms with E-state index in [4.69, 9.17) is 14.4 Å². The molecule has 0 bridgehead atoms. The number of imidazole rings is 1. The van der Waals surface area contributed by atoms with Gasteiger partial charge < -0.3 is 43.4 Å². The fraction of sp³-hybridized carbons (Fsp3) is 0.366. The van der Waals surface area contributed by atoms with Gasteiger partial charge in [-0.1, -0.05) is 75.3 Å². The molecule has 1 saturated carbocycles. The summed E-state index contributed by atoms with van der Waals surface area (Å²) in [5.74, 6) is 2.91. The number of nitrogens with zero attached hydrogens (tertiary/aromatic N) is 9. The van der Waals surface area contributed by atoms with Gasteiger partial charge in [-0.15, -0.1) is 0 Å². The molecule has 4 fully saturated rings. The van der Waals surface area contributed by atoms with Crippen molar-refractivity contribution >= 4 is 86.0 Å². The van der Waals surface area contributed by atoms with E-state index in [0.717, 1.165) is 92.8 Å². The first-order chi connectivity index (χ1) is 46.0. The number of benzene rings is 5. The monoisotopic (exact) mass is 1490 g/mol. The number of hydrogen-bond donors (Lipinski definition) is 2. The van der Waals surface area contributed by atoms with Crippen LogP contribution in [0.5, 0.6) is 0 Å². The Hall–Kier alpha value is -6.83. The van der Waals surface area contributed by atoms with Gasteiger partial charge in [-0.05, 0) is 192 Å². The zero-order valence-electron chi connectivity index (χ0n) is 55.3. The molecular formula is C71H83Br2FN11O8P3. The van der Waals surface area contributed by atoms with Gasteiger partial charge in [0.2, 0.25) is 0 Å². The Morgan fingerprint density at radius 1 is 0.760 bits per heavy atom. The van der Waals surface area contributed by atoms with Crippen molar-refractivity contribution < 1.29 is 32.1 Å². The fourth-order valence-electron chi connectivity index (χ4n) is 13.8. The highest BCUT2D eigenvalue weighted by molar-refractivity contribution is 9.10. The van der Waals surface area contributed by atoms with Crippen LogP contribution >= 0.6 is 53.3 Å². The maximum atomic E-state index is 15.5. The highest BCUT2D eigenvalue weighted by Gasteiger charge is 2.59. The highest BCUT2D eigenvalue weighted by atomic mass is 79.9. The van der Waals surface area contributed by atoms with Crippen LogP contribution in [0.3, 0.4) is 0 Å². The molecule has 1 amide bonds. The normalized spacial score (nSPS) is 20.2. The Kier molecular flexibility index (Phi) is 21.2. The lowest BCUT2D eigenvalue weighted by Gasteiger charge is -2.34. The predicted octanol–water partition coefficient (Wildman–Crippen LogP) is 12.3. The van der Waals surface area contributed by atoms with Crippen LogP contribution in [-0.4, -0.2) is 146 Å². The van der Waals surface area contributed by atoms with E-state index in [0.29, 0.717) is 96.2 Å². The highest BCUT2D eigenvalue weighted by Crippen LogP contribution is 2.56. The summed E-state index contributed by atoms with van der Waals surface area (Å²) in [7, 11) is -1.55. The van der Waals surface area contributed by atoms with Crippen LogP contribution < -0.4 is 33.1 Å². The van der Waals surface area contributed by atoms with E-state index >= 15 is 9.18 Å². The number of amides is 1. The topological polar surface area (TPSA) is 222 Å². The maximum Gasteiger partial charge on any atom is 0.438 e. The average Bonchev–Trinajstić information content (AvgIpc) is 1.53. The second-order valence-corrected chi connectivity index (χ2v) is 36.5. The number of aryl methyl sites for hydroxylation is 2. The van der Waals surface area contributed by atoms with Crippen molar-refractivity contribution in [3.63, 3.8) is 0 Å². The number of halogens is 3. The third-order valence-electron chi connectivity index (χ3n) is 19.7. The molecule has 4 aliphatic heterocycles. The second-order valence-electron chi connectivity index (χ2n) is 25.6. The molecule has 8 heterocycles. The van der Waals surface area contributed by atoms with E-state index in [1.54, 1.807) is 52.2 Å². The number of rotatable bonds is 12. The van der Waals surface area contributed by atoms with Gasteiger partial charge in [-0.25, -0.2) is 18.7 Å².